The van der Waals surface area contributed by atoms with Gasteiger partial charge in [-0.15, -0.1) is 0 Å². The molecule has 0 bridgehead atoms. The molecule has 0 spiro atoms. The molecule has 0 fully saturated rings. The molecule has 6 nitrogen and oxygen atoms in total. The third-order valence-electron chi connectivity index (χ3n) is 4.20. The van der Waals surface area contributed by atoms with E-state index in [2.05, 4.69) is 5.43 Å². The third-order valence-corrected chi connectivity index (χ3v) is 4.20. The molecule has 142 valence electrons. The lowest BCUT2D eigenvalue weighted by molar-refractivity contribution is 0.0357. The second-order valence-corrected chi connectivity index (χ2v) is 7.67. The summed E-state index contributed by atoms with van der Waals surface area (Å²) < 4.78 is 10.7. The molecular weight excluding hydrogens is 344 g/mol. The Morgan fingerprint density at radius 1 is 1.04 bits per heavy atom. The third kappa shape index (κ3) is 3.89. The summed E-state index contributed by atoms with van der Waals surface area (Å²) in [6, 6.07) is 10.7. The minimum absolute atomic E-state index is 0.0735. The molecule has 0 aliphatic carbocycles. The van der Waals surface area contributed by atoms with Crippen LogP contribution in [-0.4, -0.2) is 29.2 Å². The number of carbonyl (C=O) groups is 2. The molecule has 0 unspecified atom stereocenters. The van der Waals surface area contributed by atoms with Crippen LogP contribution in [0.5, 0.6) is 11.5 Å². The molecule has 2 aromatic rings. The van der Waals surface area contributed by atoms with Crippen molar-refractivity contribution in [3.05, 3.63) is 58.7 Å². The number of hydrazine groups is 1. The molecule has 27 heavy (non-hydrogen) atoms. The summed E-state index contributed by atoms with van der Waals surface area (Å²) in [5.74, 6) is 0.214. The molecule has 1 aliphatic rings. The van der Waals surface area contributed by atoms with Gasteiger partial charge in [-0.05, 0) is 58.9 Å². The van der Waals surface area contributed by atoms with Gasteiger partial charge in [-0.25, -0.2) is 5.01 Å². The monoisotopic (exact) mass is 368 g/mol. The van der Waals surface area contributed by atoms with Crippen molar-refractivity contribution in [2.75, 3.05) is 6.79 Å². The number of nitrogens with one attached hydrogen (secondary N) is 1. The summed E-state index contributed by atoms with van der Waals surface area (Å²) >= 11 is 0. The predicted octanol–water partition coefficient (Wildman–Crippen LogP) is 3.62. The van der Waals surface area contributed by atoms with Gasteiger partial charge in [-0.1, -0.05) is 23.3 Å². The van der Waals surface area contributed by atoms with Crippen LogP contribution in [0.15, 0.2) is 36.4 Å². The van der Waals surface area contributed by atoms with Crippen molar-refractivity contribution in [3.63, 3.8) is 0 Å². The van der Waals surface area contributed by atoms with Gasteiger partial charge in [0.1, 0.15) is 0 Å². The maximum Gasteiger partial charge on any atom is 0.273 e. The summed E-state index contributed by atoms with van der Waals surface area (Å²) in [5, 5.41) is 1.36. The van der Waals surface area contributed by atoms with Crippen molar-refractivity contribution in [2.24, 2.45) is 0 Å². The van der Waals surface area contributed by atoms with Crippen LogP contribution in [0.2, 0.25) is 0 Å². The first-order chi connectivity index (χ1) is 12.7. The van der Waals surface area contributed by atoms with E-state index in [9.17, 15) is 9.59 Å². The van der Waals surface area contributed by atoms with Crippen molar-refractivity contribution in [2.45, 2.75) is 40.2 Å². The Morgan fingerprint density at radius 3 is 2.33 bits per heavy atom. The molecule has 0 saturated carbocycles. The van der Waals surface area contributed by atoms with Gasteiger partial charge < -0.3 is 9.47 Å². The minimum atomic E-state index is -0.625. The fourth-order valence-electron chi connectivity index (χ4n) is 3.02. The van der Waals surface area contributed by atoms with Gasteiger partial charge >= 0.3 is 0 Å². The number of hydrogen-bond acceptors (Lipinski definition) is 4. The van der Waals surface area contributed by atoms with Crippen LogP contribution in [0, 0.1) is 13.8 Å². The van der Waals surface area contributed by atoms with Gasteiger partial charge in [-0.3, -0.25) is 15.0 Å². The summed E-state index contributed by atoms with van der Waals surface area (Å²) in [6.07, 6.45) is 0. The Kier molecular flexibility index (Phi) is 4.83. The maximum absolute atomic E-state index is 13.2. The highest BCUT2D eigenvalue weighted by Crippen LogP contribution is 2.35. The number of rotatable bonds is 2. The number of aryl methyl sites for hydroxylation is 2. The predicted molar refractivity (Wildman–Crippen MR) is 102 cm³/mol. The Hall–Kier alpha value is -3.02. The number of carbonyl (C=O) groups excluding carboxylic acids is 2. The van der Waals surface area contributed by atoms with Gasteiger partial charge in [0.15, 0.2) is 11.5 Å². The van der Waals surface area contributed by atoms with Crippen LogP contribution in [0.3, 0.4) is 0 Å². The molecular formula is C21H24N2O4. The zero-order chi connectivity index (χ0) is 19.8. The summed E-state index contributed by atoms with van der Waals surface area (Å²) in [7, 11) is 0. The van der Waals surface area contributed by atoms with E-state index in [0.29, 0.717) is 22.6 Å². The topological polar surface area (TPSA) is 67.9 Å². The molecule has 1 aliphatic heterocycles. The fraction of sp³-hybridized carbons (Fsp3) is 0.333. The van der Waals surface area contributed by atoms with Gasteiger partial charge in [0.2, 0.25) is 6.79 Å². The Balaban J connectivity index is 1.91. The van der Waals surface area contributed by atoms with E-state index in [1.54, 1.807) is 18.2 Å². The molecule has 1 heterocycles. The van der Waals surface area contributed by atoms with Crippen LogP contribution in [0.25, 0.3) is 0 Å². The first-order valence-corrected chi connectivity index (χ1v) is 8.79. The van der Waals surface area contributed by atoms with Crippen molar-refractivity contribution < 1.29 is 19.1 Å². The van der Waals surface area contributed by atoms with Gasteiger partial charge in [-0.2, -0.15) is 0 Å². The van der Waals surface area contributed by atoms with Crippen LogP contribution < -0.4 is 14.9 Å². The molecule has 2 amide bonds. The van der Waals surface area contributed by atoms with Crippen molar-refractivity contribution in [1.29, 1.82) is 0 Å². The largest absolute Gasteiger partial charge is 0.454 e. The molecule has 3 rings (SSSR count). The van der Waals surface area contributed by atoms with E-state index in [1.807, 2.05) is 52.8 Å². The second-order valence-electron chi connectivity index (χ2n) is 7.67. The summed E-state index contributed by atoms with van der Waals surface area (Å²) in [4.78, 5) is 26.0. The van der Waals surface area contributed by atoms with Gasteiger partial charge in [0.05, 0.1) is 11.1 Å². The SMILES string of the molecule is Cc1cc(C)cc(C(=O)N(NC(=O)c2cccc3c2OCO3)C(C)(C)C)c1. The number of fused-ring (bicyclic) bond motifs is 1. The quantitative estimate of drug-likeness (QED) is 0.822. The van der Waals surface area contributed by atoms with E-state index in [-0.39, 0.29) is 12.7 Å². The molecule has 0 aromatic heterocycles. The molecule has 0 radical (unpaired) electrons. The second kappa shape index (κ2) is 6.95. The number of benzene rings is 2. The van der Waals surface area contributed by atoms with Gasteiger partial charge in [0.25, 0.3) is 11.8 Å². The van der Waals surface area contributed by atoms with Crippen molar-refractivity contribution in [1.82, 2.24) is 10.4 Å². The molecule has 0 atom stereocenters. The average molecular weight is 368 g/mol. The highest BCUT2D eigenvalue weighted by atomic mass is 16.7. The van der Waals surface area contributed by atoms with E-state index in [0.717, 1.165) is 11.1 Å². The Labute approximate surface area is 159 Å². The number of nitrogens with zero attached hydrogens (tertiary/aromatic N) is 1. The zero-order valence-electron chi connectivity index (χ0n) is 16.3. The van der Waals surface area contributed by atoms with E-state index in [1.165, 1.54) is 5.01 Å². The minimum Gasteiger partial charge on any atom is -0.454 e. The molecule has 0 saturated heterocycles. The standard InChI is InChI=1S/C21H24N2O4/c1-13-9-14(2)11-15(10-13)20(25)23(21(3,4)5)22-19(24)16-7-6-8-17-18(16)27-12-26-17/h6-11H,12H2,1-5H3,(H,22,24). The fourth-order valence-corrected chi connectivity index (χ4v) is 3.02. The van der Waals surface area contributed by atoms with E-state index < -0.39 is 11.4 Å². The smallest absolute Gasteiger partial charge is 0.273 e. The lowest BCUT2D eigenvalue weighted by atomic mass is 10.0. The van der Waals surface area contributed by atoms with Crippen LogP contribution in [-0.2, 0) is 0 Å². The van der Waals surface area contributed by atoms with Crippen molar-refractivity contribution >= 4 is 11.8 Å². The molecule has 6 heteroatoms. The van der Waals surface area contributed by atoms with Crippen molar-refractivity contribution in [3.8, 4) is 11.5 Å². The number of para-hydroxylation sites is 1. The van der Waals surface area contributed by atoms with Gasteiger partial charge in [0, 0.05) is 5.56 Å². The first kappa shape index (κ1) is 18.8. The summed E-state index contributed by atoms with van der Waals surface area (Å²) in [5.41, 5.74) is 4.96. The maximum atomic E-state index is 13.2. The first-order valence-electron chi connectivity index (χ1n) is 8.79. The lowest BCUT2D eigenvalue weighted by Crippen LogP contribution is -2.55. The van der Waals surface area contributed by atoms with Crippen LogP contribution >= 0.6 is 0 Å². The zero-order valence-corrected chi connectivity index (χ0v) is 16.3. The Bertz CT molecular complexity index is 879. The van der Waals surface area contributed by atoms with Crippen LogP contribution in [0.1, 0.15) is 52.6 Å². The summed E-state index contributed by atoms with van der Waals surface area (Å²) in [6.45, 7) is 9.54. The van der Waals surface area contributed by atoms with Crippen LogP contribution in [0.4, 0.5) is 0 Å². The lowest BCUT2D eigenvalue weighted by Gasteiger charge is -2.35. The van der Waals surface area contributed by atoms with E-state index >= 15 is 0 Å². The highest BCUT2D eigenvalue weighted by Gasteiger charge is 2.31. The average Bonchev–Trinajstić information content (AvgIpc) is 3.05. The number of hydrogen-bond donors (Lipinski definition) is 1. The molecule has 2 aromatic carbocycles. The van der Waals surface area contributed by atoms with E-state index in [4.69, 9.17) is 9.47 Å². The number of amides is 2. The number of ether oxygens (including phenoxy) is 2. The normalized spacial score (nSPS) is 12.6. The Morgan fingerprint density at radius 2 is 1.70 bits per heavy atom. The highest BCUT2D eigenvalue weighted by molar-refractivity contribution is 6.01. The molecule has 1 N–H and O–H groups in total.